The van der Waals surface area contributed by atoms with E-state index in [0.29, 0.717) is 0 Å². The predicted molar refractivity (Wildman–Crippen MR) is 39.4 cm³/mol. The molecule has 5 atom stereocenters. The van der Waals surface area contributed by atoms with E-state index in [1.807, 2.05) is 0 Å². The Bertz CT molecular complexity index is 146. The fourth-order valence-electron chi connectivity index (χ4n) is 1.21. The highest BCUT2D eigenvalue weighted by Gasteiger charge is 2.41. The van der Waals surface area contributed by atoms with Gasteiger partial charge in [0, 0.05) is 7.11 Å². The minimum atomic E-state index is -1.21. The van der Waals surface area contributed by atoms with E-state index in [1.165, 1.54) is 7.11 Å². The van der Waals surface area contributed by atoms with Gasteiger partial charge >= 0.3 is 0 Å². The van der Waals surface area contributed by atoms with E-state index in [4.69, 9.17) is 9.47 Å². The van der Waals surface area contributed by atoms with Crippen molar-refractivity contribution in [3.05, 3.63) is 0 Å². The van der Waals surface area contributed by atoms with Crippen LogP contribution in [0.5, 0.6) is 0 Å². The molecule has 0 aromatic heterocycles. The summed E-state index contributed by atoms with van der Waals surface area (Å²) in [5.74, 6) is 0. The highest BCUT2D eigenvalue weighted by molar-refractivity contribution is 4.86. The third-order valence-electron chi connectivity index (χ3n) is 2.04. The second-order valence-electron chi connectivity index (χ2n) is 2.92. The molecule has 0 aromatic rings. The molecule has 5 heteroatoms. The summed E-state index contributed by atoms with van der Waals surface area (Å²) in [7, 11) is 1.37. The molecule has 0 amide bonds. The first kappa shape index (κ1) is 9.88. The van der Waals surface area contributed by atoms with Gasteiger partial charge in [-0.3, -0.25) is 0 Å². The fourth-order valence-corrected chi connectivity index (χ4v) is 1.21. The summed E-state index contributed by atoms with van der Waals surface area (Å²) in [6, 6.07) is 0. The number of aliphatic hydroxyl groups excluding tert-OH is 3. The number of methoxy groups -OCH3 is 1. The summed E-state index contributed by atoms with van der Waals surface area (Å²) < 4.78 is 9.80. The summed E-state index contributed by atoms with van der Waals surface area (Å²) in [4.78, 5) is 0. The van der Waals surface area contributed by atoms with Crippen LogP contribution in [0.1, 0.15) is 6.92 Å². The van der Waals surface area contributed by atoms with E-state index >= 15 is 0 Å². The predicted octanol–water partition coefficient (Wildman–Crippen LogP) is -1.54. The van der Waals surface area contributed by atoms with Gasteiger partial charge in [-0.25, -0.2) is 0 Å². The summed E-state index contributed by atoms with van der Waals surface area (Å²) in [6.07, 6.45) is -4.86. The van der Waals surface area contributed by atoms with Crippen LogP contribution in [0.3, 0.4) is 0 Å². The van der Waals surface area contributed by atoms with E-state index in [-0.39, 0.29) is 0 Å². The van der Waals surface area contributed by atoms with Crippen LogP contribution in [0.2, 0.25) is 0 Å². The van der Waals surface area contributed by atoms with Gasteiger partial charge in [0.1, 0.15) is 18.3 Å². The molecule has 1 saturated heterocycles. The molecule has 0 bridgehead atoms. The third-order valence-corrected chi connectivity index (χ3v) is 2.04. The zero-order valence-electron chi connectivity index (χ0n) is 7.04. The van der Waals surface area contributed by atoms with Crippen LogP contribution in [-0.4, -0.2) is 53.1 Å². The van der Waals surface area contributed by atoms with Crippen LogP contribution in [0, 0.1) is 0 Å². The zero-order chi connectivity index (χ0) is 9.30. The lowest BCUT2D eigenvalue weighted by Crippen LogP contribution is -2.57. The molecule has 1 aliphatic heterocycles. The van der Waals surface area contributed by atoms with Crippen LogP contribution in [0.4, 0.5) is 0 Å². The molecule has 0 radical (unpaired) electrons. The number of hydrogen-bond donors (Lipinski definition) is 3. The maximum Gasteiger partial charge on any atom is 0.186 e. The van der Waals surface area contributed by atoms with Crippen LogP contribution < -0.4 is 0 Å². The van der Waals surface area contributed by atoms with E-state index in [2.05, 4.69) is 0 Å². The number of hydrogen-bond acceptors (Lipinski definition) is 5. The van der Waals surface area contributed by atoms with Gasteiger partial charge in [-0.2, -0.15) is 0 Å². The first-order valence-corrected chi connectivity index (χ1v) is 3.80. The maximum absolute atomic E-state index is 9.27. The Morgan fingerprint density at radius 1 is 1.08 bits per heavy atom. The van der Waals surface area contributed by atoms with Gasteiger partial charge in [-0.15, -0.1) is 0 Å². The lowest BCUT2D eigenvalue weighted by molar-refractivity contribution is -0.286. The zero-order valence-corrected chi connectivity index (χ0v) is 7.04. The molecule has 72 valence electrons. The lowest BCUT2D eigenvalue weighted by Gasteiger charge is -2.38. The SMILES string of the molecule is CO[C@H]1O[C@@H](C)[C@H](O)[C@@H](O)[C@@H]1O. The second kappa shape index (κ2) is 3.68. The van der Waals surface area contributed by atoms with E-state index in [1.54, 1.807) is 6.92 Å². The van der Waals surface area contributed by atoms with Gasteiger partial charge in [-0.05, 0) is 6.92 Å². The molecule has 0 aliphatic carbocycles. The Labute approximate surface area is 70.5 Å². The van der Waals surface area contributed by atoms with Crippen molar-refractivity contribution in [1.29, 1.82) is 0 Å². The van der Waals surface area contributed by atoms with E-state index in [0.717, 1.165) is 0 Å². The minimum Gasteiger partial charge on any atom is -0.388 e. The summed E-state index contributed by atoms with van der Waals surface area (Å²) >= 11 is 0. The molecule has 0 aromatic carbocycles. The van der Waals surface area contributed by atoms with Crippen molar-refractivity contribution in [2.45, 2.75) is 37.6 Å². The average Bonchev–Trinajstić information content (AvgIpc) is 2.08. The first-order chi connectivity index (χ1) is 5.57. The summed E-state index contributed by atoms with van der Waals surface area (Å²) in [5, 5.41) is 27.8. The average molecular weight is 178 g/mol. The second-order valence-corrected chi connectivity index (χ2v) is 2.92. The fraction of sp³-hybridized carbons (Fsp3) is 1.00. The van der Waals surface area contributed by atoms with Crippen LogP contribution in [0.15, 0.2) is 0 Å². The number of ether oxygens (including phenoxy) is 2. The van der Waals surface area contributed by atoms with Crippen molar-refractivity contribution in [2.24, 2.45) is 0 Å². The maximum atomic E-state index is 9.27. The van der Waals surface area contributed by atoms with Crippen molar-refractivity contribution in [1.82, 2.24) is 0 Å². The molecule has 1 rings (SSSR count). The quantitative estimate of drug-likeness (QED) is 0.453. The summed E-state index contributed by atoms with van der Waals surface area (Å²) in [6.45, 7) is 1.60. The van der Waals surface area contributed by atoms with Gasteiger partial charge in [-0.1, -0.05) is 0 Å². The number of rotatable bonds is 1. The molecule has 5 nitrogen and oxygen atoms in total. The standard InChI is InChI=1S/C7H14O5/c1-3-4(8)5(9)6(10)7(11-2)12-3/h3-10H,1-2H3/t3-,4-,5+,6-,7-/m0/s1. The Hall–Kier alpha value is -0.200. The van der Waals surface area contributed by atoms with Crippen LogP contribution in [-0.2, 0) is 9.47 Å². The Kier molecular flexibility index (Phi) is 3.03. The molecular formula is C7H14O5. The number of aliphatic hydroxyl groups is 3. The third kappa shape index (κ3) is 1.60. The van der Waals surface area contributed by atoms with Gasteiger partial charge in [0.2, 0.25) is 0 Å². The molecule has 0 spiro atoms. The summed E-state index contributed by atoms with van der Waals surface area (Å²) in [5.41, 5.74) is 0. The van der Waals surface area contributed by atoms with Crippen molar-refractivity contribution in [2.75, 3.05) is 7.11 Å². The molecule has 1 aliphatic rings. The molecule has 1 fully saturated rings. The largest absolute Gasteiger partial charge is 0.388 e. The molecule has 0 unspecified atom stereocenters. The molecule has 12 heavy (non-hydrogen) atoms. The van der Waals surface area contributed by atoms with Gasteiger partial charge < -0.3 is 24.8 Å². The Balaban J connectivity index is 2.63. The van der Waals surface area contributed by atoms with Crippen molar-refractivity contribution >= 4 is 0 Å². The molecular weight excluding hydrogens is 164 g/mol. The highest BCUT2D eigenvalue weighted by Crippen LogP contribution is 2.20. The first-order valence-electron chi connectivity index (χ1n) is 3.80. The van der Waals surface area contributed by atoms with Crippen LogP contribution in [0.25, 0.3) is 0 Å². The van der Waals surface area contributed by atoms with Gasteiger partial charge in [0.25, 0.3) is 0 Å². The van der Waals surface area contributed by atoms with Crippen molar-refractivity contribution in [3.63, 3.8) is 0 Å². The minimum absolute atomic E-state index is 0.534. The van der Waals surface area contributed by atoms with E-state index in [9.17, 15) is 15.3 Å². The lowest BCUT2D eigenvalue weighted by atomic mass is 10.0. The van der Waals surface area contributed by atoms with Gasteiger partial charge in [0.15, 0.2) is 6.29 Å². The van der Waals surface area contributed by atoms with Crippen molar-refractivity contribution in [3.8, 4) is 0 Å². The highest BCUT2D eigenvalue weighted by atomic mass is 16.7. The monoisotopic (exact) mass is 178 g/mol. The van der Waals surface area contributed by atoms with Gasteiger partial charge in [0.05, 0.1) is 6.10 Å². The smallest absolute Gasteiger partial charge is 0.186 e. The van der Waals surface area contributed by atoms with Crippen LogP contribution >= 0.6 is 0 Å². The Morgan fingerprint density at radius 2 is 1.67 bits per heavy atom. The van der Waals surface area contributed by atoms with E-state index < -0.39 is 30.7 Å². The normalized spacial score (nSPS) is 49.2. The Morgan fingerprint density at radius 3 is 2.17 bits per heavy atom. The molecule has 3 N–H and O–H groups in total. The molecule has 0 saturated carbocycles. The topological polar surface area (TPSA) is 79.2 Å². The van der Waals surface area contributed by atoms with Crippen molar-refractivity contribution < 1.29 is 24.8 Å². The molecule has 1 heterocycles.